The molecular formula is C18H19ClN2O4S. The fourth-order valence-corrected chi connectivity index (χ4v) is 2.82. The van der Waals surface area contributed by atoms with Crippen molar-refractivity contribution >= 4 is 38.9 Å². The van der Waals surface area contributed by atoms with E-state index in [0.717, 1.165) is 10.6 Å². The Balaban J connectivity index is 2.13. The van der Waals surface area contributed by atoms with Crippen molar-refractivity contribution in [2.45, 2.75) is 0 Å². The summed E-state index contributed by atoms with van der Waals surface area (Å²) >= 11 is 6.16. The van der Waals surface area contributed by atoms with Gasteiger partial charge in [-0.25, -0.2) is 8.42 Å². The Morgan fingerprint density at radius 1 is 1.27 bits per heavy atom. The zero-order valence-electron chi connectivity index (χ0n) is 14.4. The van der Waals surface area contributed by atoms with Gasteiger partial charge in [0.15, 0.2) is 0 Å². The lowest BCUT2D eigenvalue weighted by molar-refractivity contribution is 0.102. The Labute approximate surface area is 158 Å². The van der Waals surface area contributed by atoms with Gasteiger partial charge >= 0.3 is 0 Å². The van der Waals surface area contributed by atoms with Crippen molar-refractivity contribution in [3.05, 3.63) is 65.7 Å². The normalized spacial score (nSPS) is 10.9. The lowest BCUT2D eigenvalue weighted by Crippen LogP contribution is -2.25. The quantitative estimate of drug-likeness (QED) is 0.728. The molecule has 2 aromatic carbocycles. The van der Waals surface area contributed by atoms with E-state index in [-0.39, 0.29) is 10.6 Å². The highest BCUT2D eigenvalue weighted by Crippen LogP contribution is 2.25. The van der Waals surface area contributed by atoms with Crippen molar-refractivity contribution in [3.63, 3.8) is 0 Å². The lowest BCUT2D eigenvalue weighted by Gasteiger charge is -2.17. The minimum absolute atomic E-state index is 0.154. The first-order valence-corrected chi connectivity index (χ1v) is 9.83. The van der Waals surface area contributed by atoms with Gasteiger partial charge in [0.05, 0.1) is 22.5 Å². The molecule has 2 rings (SSSR count). The number of nitrogens with zero attached hydrogens (tertiary/aromatic N) is 1. The second-order valence-electron chi connectivity index (χ2n) is 5.47. The highest BCUT2D eigenvalue weighted by Gasteiger charge is 2.16. The first-order valence-electron chi connectivity index (χ1n) is 7.61. The van der Waals surface area contributed by atoms with Crippen LogP contribution in [0.1, 0.15) is 10.4 Å². The molecule has 0 aliphatic heterocycles. The number of amides is 1. The van der Waals surface area contributed by atoms with Crippen LogP contribution < -0.4 is 14.4 Å². The Bertz CT molecular complexity index is 911. The number of hydrogen-bond donors (Lipinski definition) is 1. The second-order valence-corrected chi connectivity index (χ2v) is 7.89. The van der Waals surface area contributed by atoms with E-state index in [1.54, 1.807) is 30.3 Å². The van der Waals surface area contributed by atoms with Crippen LogP contribution in [0.3, 0.4) is 0 Å². The first-order chi connectivity index (χ1) is 12.2. The van der Waals surface area contributed by atoms with Gasteiger partial charge in [0.1, 0.15) is 12.4 Å². The molecule has 1 amide bonds. The van der Waals surface area contributed by atoms with Gasteiger partial charge < -0.3 is 10.1 Å². The average molecular weight is 395 g/mol. The summed E-state index contributed by atoms with van der Waals surface area (Å²) in [5.41, 5.74) is 1.19. The van der Waals surface area contributed by atoms with E-state index in [0.29, 0.717) is 23.7 Å². The fourth-order valence-electron chi connectivity index (χ4n) is 2.06. The van der Waals surface area contributed by atoms with E-state index < -0.39 is 15.9 Å². The van der Waals surface area contributed by atoms with Gasteiger partial charge in [-0.3, -0.25) is 9.10 Å². The van der Waals surface area contributed by atoms with Crippen molar-refractivity contribution in [3.8, 4) is 5.75 Å². The van der Waals surface area contributed by atoms with Gasteiger partial charge in [-0.2, -0.15) is 0 Å². The topological polar surface area (TPSA) is 75.7 Å². The summed E-state index contributed by atoms with van der Waals surface area (Å²) in [4.78, 5) is 12.4. The lowest BCUT2D eigenvalue weighted by atomic mass is 10.2. The largest absolute Gasteiger partial charge is 0.490 e. The highest BCUT2D eigenvalue weighted by molar-refractivity contribution is 7.92. The minimum atomic E-state index is -3.41. The molecule has 26 heavy (non-hydrogen) atoms. The van der Waals surface area contributed by atoms with Gasteiger partial charge in [0.2, 0.25) is 10.0 Å². The van der Waals surface area contributed by atoms with Crippen LogP contribution in [-0.4, -0.2) is 34.2 Å². The number of benzene rings is 2. The minimum Gasteiger partial charge on any atom is -0.490 e. The first kappa shape index (κ1) is 19.8. The van der Waals surface area contributed by atoms with Crippen LogP contribution in [0.4, 0.5) is 11.4 Å². The third kappa shape index (κ3) is 5.00. The molecular weight excluding hydrogens is 376 g/mol. The summed E-state index contributed by atoms with van der Waals surface area (Å²) < 4.78 is 29.6. The van der Waals surface area contributed by atoms with Gasteiger partial charge in [0, 0.05) is 12.7 Å². The third-order valence-electron chi connectivity index (χ3n) is 3.54. The predicted molar refractivity (Wildman–Crippen MR) is 105 cm³/mol. The van der Waals surface area contributed by atoms with E-state index >= 15 is 0 Å². The summed E-state index contributed by atoms with van der Waals surface area (Å²) in [7, 11) is -2.00. The average Bonchev–Trinajstić information content (AvgIpc) is 2.59. The van der Waals surface area contributed by atoms with Crippen LogP contribution in [0, 0.1) is 0 Å². The van der Waals surface area contributed by atoms with Crippen molar-refractivity contribution in [1.82, 2.24) is 0 Å². The van der Waals surface area contributed by atoms with Crippen LogP contribution in [0.25, 0.3) is 0 Å². The van der Waals surface area contributed by atoms with Crippen LogP contribution in [-0.2, 0) is 10.0 Å². The number of rotatable bonds is 7. The molecule has 0 saturated carbocycles. The van der Waals surface area contributed by atoms with Gasteiger partial charge in [0.25, 0.3) is 5.91 Å². The van der Waals surface area contributed by atoms with Crippen LogP contribution >= 0.6 is 11.6 Å². The third-order valence-corrected chi connectivity index (χ3v) is 5.06. The van der Waals surface area contributed by atoms with E-state index in [9.17, 15) is 13.2 Å². The molecule has 0 unspecified atom stereocenters. The SMILES string of the molecule is C=CCOc1ccc(NC(=O)c2ccc(N(C)S(C)(=O)=O)cc2Cl)cc1. The Kier molecular flexibility index (Phi) is 6.28. The zero-order chi connectivity index (χ0) is 19.3. The van der Waals surface area contributed by atoms with Gasteiger partial charge in [-0.15, -0.1) is 0 Å². The molecule has 0 saturated heterocycles. The molecule has 0 aliphatic carbocycles. The molecule has 0 atom stereocenters. The van der Waals surface area contributed by atoms with Crippen molar-refractivity contribution in [2.24, 2.45) is 0 Å². The molecule has 0 aliphatic rings. The molecule has 138 valence electrons. The Morgan fingerprint density at radius 2 is 1.92 bits per heavy atom. The fraction of sp³-hybridized carbons (Fsp3) is 0.167. The summed E-state index contributed by atoms with van der Waals surface area (Å²) in [6.45, 7) is 3.97. The monoisotopic (exact) mass is 394 g/mol. The molecule has 0 bridgehead atoms. The number of carbonyl (C=O) groups is 1. The van der Waals surface area contributed by atoms with Crippen LogP contribution in [0.2, 0.25) is 5.02 Å². The second kappa shape index (κ2) is 8.25. The maximum Gasteiger partial charge on any atom is 0.257 e. The summed E-state index contributed by atoms with van der Waals surface area (Å²) in [6.07, 6.45) is 2.73. The smallest absolute Gasteiger partial charge is 0.257 e. The van der Waals surface area contributed by atoms with Crippen molar-refractivity contribution < 1.29 is 17.9 Å². The Morgan fingerprint density at radius 3 is 2.46 bits per heavy atom. The molecule has 0 spiro atoms. The predicted octanol–water partition coefficient (Wildman–Crippen LogP) is 3.55. The molecule has 0 fully saturated rings. The van der Waals surface area contributed by atoms with E-state index in [1.807, 2.05) is 0 Å². The standard InChI is InChI=1S/C18H19ClN2O4S/c1-4-11-25-15-8-5-13(6-9-15)20-18(22)16-10-7-14(12-17(16)19)21(2)26(3,23)24/h4-10,12H,1,11H2,2-3H3,(H,20,22). The molecule has 0 aromatic heterocycles. The number of halogens is 1. The van der Waals surface area contributed by atoms with Crippen LogP contribution in [0.5, 0.6) is 5.75 Å². The highest BCUT2D eigenvalue weighted by atomic mass is 35.5. The van der Waals surface area contributed by atoms with Gasteiger partial charge in [-0.05, 0) is 42.5 Å². The summed E-state index contributed by atoms with van der Waals surface area (Å²) in [5.74, 6) is 0.261. The number of hydrogen-bond acceptors (Lipinski definition) is 4. The van der Waals surface area contributed by atoms with Crippen LogP contribution in [0.15, 0.2) is 55.1 Å². The van der Waals surface area contributed by atoms with E-state index in [1.165, 1.54) is 25.2 Å². The molecule has 6 nitrogen and oxygen atoms in total. The Hall–Kier alpha value is -2.51. The number of sulfonamides is 1. The maximum absolute atomic E-state index is 12.4. The number of nitrogens with one attached hydrogen (secondary N) is 1. The maximum atomic E-state index is 12.4. The van der Waals surface area contributed by atoms with E-state index in [4.69, 9.17) is 16.3 Å². The molecule has 0 radical (unpaired) electrons. The van der Waals surface area contributed by atoms with Crippen molar-refractivity contribution in [2.75, 3.05) is 29.5 Å². The molecule has 1 N–H and O–H groups in total. The summed E-state index contributed by atoms with van der Waals surface area (Å²) in [6, 6.07) is 11.3. The number of carbonyl (C=O) groups excluding carboxylic acids is 1. The number of anilines is 2. The van der Waals surface area contributed by atoms with E-state index in [2.05, 4.69) is 11.9 Å². The zero-order valence-corrected chi connectivity index (χ0v) is 16.0. The molecule has 8 heteroatoms. The summed E-state index contributed by atoms with van der Waals surface area (Å²) in [5, 5.41) is 2.88. The number of ether oxygens (including phenoxy) is 1. The van der Waals surface area contributed by atoms with Crippen molar-refractivity contribution in [1.29, 1.82) is 0 Å². The molecule has 0 heterocycles. The molecule has 2 aromatic rings. The van der Waals surface area contributed by atoms with Gasteiger partial charge in [-0.1, -0.05) is 24.3 Å².